The molecule has 5 saturated heterocycles. The van der Waals surface area contributed by atoms with E-state index in [0.717, 1.165) is 41.6 Å². The Bertz CT molecular complexity index is 5850. The summed E-state index contributed by atoms with van der Waals surface area (Å²) >= 11 is 36.2. The molecule has 744 valence electrons. The van der Waals surface area contributed by atoms with Crippen molar-refractivity contribution in [3.05, 3.63) is 170 Å². The number of nitrogens with two attached hydrogens (primary N) is 4. The largest absolute Gasteiger partial charge is 0.412 e. The standard InChI is InChI=1S/C11H13Cl3FN3O6P2.C11H16FN3O9P2.C10H15F2N3O9P2.C10H12FN3O4.C10H16N6O9P2.CH2Cl4O2P2/c12-25(13,21)5-26(14,22)23-4-7-9(19)6(3-15)10(24-7)18-2-1-8(16)17-11(18)20;12-3-6-9(16)7(4-23-26(21,22)5-25(18,19)20)24-10(6)15-2-1-8(13)14-11(15)17;11-10(12)7(16)5(3-23-26(21,22)4-25(18,19)20)24-8(10)15-2-1-6(13)14-9(15)17;11-3-5-8(16)6(4-15)18-9(5)14-2-1-7(12)13-10(14)17;1-5-3-16(10(18)12-9(5)17)8-2-6(13-14-11)7(25-8)4-24-27(22,23)15-26(19,20)21;2-8(3,6)1-9(4,5)7/h1-3,7,9-10,19H,4-5H2,(H2,16,17,20);1-3,7,9-10,16H,4-5H2,(H,21,22)(H2,13,14,17)(H2,18,19,20);1-2,5,7-8,16H,3-4H2,(H,21,22)(H2,13,14,17)(H2,18,19,20);1-3,6,8-9,15-16H,4H2,(H2,12,13,17);3,6-8H,2,4H2,1H3,(H,12,17,18)(H4,15,19,20,21,22,23);1H2/b2*6-3+;;5-3+;;/t7-,9-,10-,26?;7-,9-,10-;5-,7+,8-;6-,8-,9-;6-,7-,8-;/m11111./s1. The molecular weight excluding hydrogens is 2170 g/mol. The normalized spacial score (nSPS) is 26.5. The number of ether oxygens (including phenoxy) is 5. The molecule has 132 heavy (non-hydrogen) atoms. The van der Waals surface area contributed by atoms with E-state index >= 15 is 0 Å². The van der Waals surface area contributed by atoms with Crippen LogP contribution < -0.4 is 61.8 Å². The number of aromatic nitrogens is 10. The second-order valence-corrected chi connectivity index (χ2v) is 57.9. The van der Waals surface area contributed by atoms with Crippen LogP contribution >= 0.6 is 149 Å². The zero-order chi connectivity index (χ0) is 101. The van der Waals surface area contributed by atoms with Gasteiger partial charge in [0.05, 0.1) is 64.2 Å². The molecule has 24 N–H and O–H groups in total. The van der Waals surface area contributed by atoms with Crippen molar-refractivity contribution in [2.75, 3.05) is 79.6 Å². The lowest BCUT2D eigenvalue weighted by atomic mass is 10.1. The first-order valence-corrected chi connectivity index (χ1v) is 58.8. The summed E-state index contributed by atoms with van der Waals surface area (Å²) in [6.07, 6.45) is -14.8. The first kappa shape index (κ1) is 117. The van der Waals surface area contributed by atoms with Gasteiger partial charge in [-0.1, -0.05) is 5.11 Å². The third-order valence-electron chi connectivity index (χ3n) is 16.4. The second-order valence-electron chi connectivity index (χ2n) is 26.7. The fraction of sp³-hybridized carbons (Fsp3) is 0.509. The predicted molar refractivity (Wildman–Crippen MR) is 452 cm³/mol. The molecule has 57 nitrogen and oxygen atoms in total. The summed E-state index contributed by atoms with van der Waals surface area (Å²) in [5, 5.41) is 52.0. The second kappa shape index (κ2) is 48.2. The van der Waals surface area contributed by atoms with Crippen molar-refractivity contribution in [2.24, 2.45) is 5.11 Å². The molecule has 0 aliphatic carbocycles. The maximum absolute atomic E-state index is 14.2. The molecule has 4 unspecified atom stereocenters. The van der Waals surface area contributed by atoms with E-state index in [1.54, 1.807) is 0 Å². The summed E-state index contributed by atoms with van der Waals surface area (Å²) in [5.74, 6) is -19.2. The minimum absolute atomic E-state index is 0.00626. The first-order valence-electron chi connectivity index (χ1n) is 34.7. The quantitative estimate of drug-likeness (QED) is 0.0105. The number of hydrogen-bond acceptors (Lipinski definition) is 39. The van der Waals surface area contributed by atoms with Gasteiger partial charge in [-0.3, -0.25) is 73.7 Å². The van der Waals surface area contributed by atoms with Crippen molar-refractivity contribution in [1.82, 2.24) is 52.6 Å². The maximum Gasteiger partial charge on any atom is 0.412 e. The van der Waals surface area contributed by atoms with E-state index in [2.05, 4.69) is 48.5 Å². The minimum Gasteiger partial charge on any atom is -0.394 e. The van der Waals surface area contributed by atoms with Crippen LogP contribution in [0.5, 0.6) is 0 Å². The van der Waals surface area contributed by atoms with E-state index in [4.69, 9.17) is 170 Å². The highest BCUT2D eigenvalue weighted by Gasteiger charge is 2.60. The van der Waals surface area contributed by atoms with Gasteiger partial charge in [0, 0.05) is 64.6 Å². The zero-order valence-electron chi connectivity index (χ0n) is 65.3. The highest BCUT2D eigenvalue weighted by molar-refractivity contribution is 8.21. The molecule has 5 fully saturated rings. The molecule has 5 aromatic rings. The average Bonchev–Trinajstić information content (AvgIpc) is 1.61. The molecule has 0 amide bonds. The van der Waals surface area contributed by atoms with Gasteiger partial charge >= 0.3 is 80.2 Å². The topological polar surface area (TPSA) is 896 Å². The van der Waals surface area contributed by atoms with Crippen LogP contribution in [0.1, 0.15) is 43.1 Å². The van der Waals surface area contributed by atoms with Crippen molar-refractivity contribution in [1.29, 1.82) is 0 Å². The number of nitrogens with one attached hydrogen (secondary N) is 2. The number of azide groups is 1. The van der Waals surface area contributed by atoms with Crippen molar-refractivity contribution < 1.29 is 179 Å². The van der Waals surface area contributed by atoms with Crippen molar-refractivity contribution >= 4 is 172 Å². The first-order chi connectivity index (χ1) is 60.3. The number of aromatic amines is 1. The summed E-state index contributed by atoms with van der Waals surface area (Å²) < 4.78 is 227. The summed E-state index contributed by atoms with van der Waals surface area (Å²) in [4.78, 5) is 170. The van der Waals surface area contributed by atoms with Crippen LogP contribution in [-0.2, 0) is 87.4 Å². The number of aliphatic hydroxyl groups is 5. The van der Waals surface area contributed by atoms with Crippen LogP contribution in [0.3, 0.4) is 0 Å². The number of hydrogen-bond donors (Lipinski definition) is 20. The molecule has 0 aromatic carbocycles. The average molecular weight is 2240 g/mol. The van der Waals surface area contributed by atoms with E-state index in [1.165, 1.54) is 43.7 Å². The fourth-order valence-electron chi connectivity index (χ4n) is 10.9. The maximum atomic E-state index is 14.2. The van der Waals surface area contributed by atoms with Crippen molar-refractivity contribution in [3.63, 3.8) is 0 Å². The van der Waals surface area contributed by atoms with Gasteiger partial charge in [0.15, 0.2) is 36.6 Å². The number of aryl methyl sites for hydroxylation is 1. The van der Waals surface area contributed by atoms with E-state index < -0.39 is 259 Å². The number of H-pyrrole nitrogens is 1. The molecule has 10 rings (SSSR count). The molecule has 5 aromatic heterocycles. The number of nitrogens with zero attached hydrogens (tertiary/aromatic N) is 12. The summed E-state index contributed by atoms with van der Waals surface area (Å²) in [6.45, 7) is -6.13. The van der Waals surface area contributed by atoms with Crippen LogP contribution in [0, 0.1) is 6.92 Å². The molecule has 79 heteroatoms. The van der Waals surface area contributed by atoms with Crippen LogP contribution in [0.25, 0.3) is 10.4 Å². The van der Waals surface area contributed by atoms with Gasteiger partial charge in [-0.25, -0.2) is 46.3 Å². The SMILES string of the molecule is Cc1cn([C@H]2C[C@@H](N=[N+]=[N-])[C@@H](COP(=O)(O)NP(=O)(O)O)O2)c(=O)[nH]c1=O.Nc1ccn([C@@H]2O[C@H](CO)[C@H](O)/C2=C\F)c(=O)n1.Nc1ccn([C@@H]2O[C@H](COP(=O)(Cl)CP(=O)(Cl)Cl)[C@H](O)/C2=C\F)c(=O)n1.Nc1ccn([C@@H]2O[C@H](COP(=O)(O)CP(=O)(O)O)[C@H](O)/C2=C\F)c(=O)n1.Nc1ccn([C@@H]2O[C@H](COP(=O)(O)CP(=O)(O)O)[C@H](O)C2(F)F)c(=O)n1.O=P(Cl)(Cl)CP(=O)(Cl)Cl. The molecule has 5 aliphatic rings. The molecule has 0 radical (unpaired) electrons. The van der Waals surface area contributed by atoms with Gasteiger partial charge in [0.1, 0.15) is 84.0 Å². The summed E-state index contributed by atoms with van der Waals surface area (Å²) in [6, 6.07) is 3.99. The lowest BCUT2D eigenvalue weighted by Crippen LogP contribution is -2.41. The lowest BCUT2D eigenvalue weighted by molar-refractivity contribution is -0.140. The van der Waals surface area contributed by atoms with Gasteiger partial charge in [0.25, 0.3) is 29.8 Å². The number of halogens is 12. The minimum atomic E-state index is -5.04. The summed E-state index contributed by atoms with van der Waals surface area (Å²) in [5.41, 5.74) is 24.4. The number of aliphatic hydroxyl groups excluding tert-OH is 5. The van der Waals surface area contributed by atoms with Crippen molar-refractivity contribution in [2.45, 2.75) is 111 Å². The Morgan fingerprint density at radius 1 is 0.530 bits per heavy atom. The molecule has 0 spiro atoms. The fourth-order valence-corrected chi connectivity index (χ4v) is 34.2. The third kappa shape index (κ3) is 36.9. The van der Waals surface area contributed by atoms with Gasteiger partial charge in [-0.05, 0) is 115 Å². The van der Waals surface area contributed by atoms with Crippen LogP contribution in [0.2, 0.25) is 0 Å². The smallest absolute Gasteiger partial charge is 0.394 e. The van der Waals surface area contributed by atoms with E-state index in [-0.39, 0.29) is 71.0 Å². The highest BCUT2D eigenvalue weighted by atomic mass is 35.9. The highest BCUT2D eigenvalue weighted by Crippen LogP contribution is 2.73. The Morgan fingerprint density at radius 2 is 0.886 bits per heavy atom. The van der Waals surface area contributed by atoms with Gasteiger partial charge in [-0.15, -0.1) is 4.86 Å². The van der Waals surface area contributed by atoms with E-state index in [9.17, 15) is 131 Å². The van der Waals surface area contributed by atoms with E-state index in [1.807, 2.05) is 0 Å². The lowest BCUT2D eigenvalue weighted by Gasteiger charge is -2.20. The van der Waals surface area contributed by atoms with Crippen LogP contribution in [0.15, 0.2) is 125 Å². The Balaban J connectivity index is 0.000000286. The van der Waals surface area contributed by atoms with Gasteiger partial charge in [-0.2, -0.15) is 28.7 Å². The summed E-state index contributed by atoms with van der Waals surface area (Å²) in [7, 11) is -29.2. The molecule has 10 heterocycles. The van der Waals surface area contributed by atoms with Crippen LogP contribution in [0.4, 0.5) is 45.2 Å². The third-order valence-corrected chi connectivity index (χ3v) is 38.8. The van der Waals surface area contributed by atoms with E-state index in [0.29, 0.717) is 4.57 Å². The molecule has 0 bridgehead atoms. The predicted octanol–water partition coefficient (Wildman–Crippen LogP) is 4.17. The molecular formula is C53H74Cl7F5N18O39P10. The van der Waals surface area contributed by atoms with Crippen LogP contribution in [-0.4, -0.2) is 241 Å². The van der Waals surface area contributed by atoms with Crippen molar-refractivity contribution in [3.8, 4) is 0 Å². The Kier molecular flexibility index (Phi) is 42.9. The molecule has 5 aliphatic heterocycles. The number of alkyl halides is 2. The number of nitrogen functional groups attached to an aromatic ring is 4. The monoisotopic (exact) mass is 2240 g/mol. The Morgan fingerprint density at radius 3 is 1.23 bits per heavy atom. The molecule has 0 saturated carbocycles. The Labute approximate surface area is 765 Å². The van der Waals surface area contributed by atoms with Gasteiger partial charge in [0.2, 0.25) is 6.23 Å². The number of rotatable bonds is 29. The van der Waals surface area contributed by atoms with Gasteiger partial charge < -0.3 is 130 Å². The number of anilines is 4. The molecule has 19 atom stereocenters. The zero-order valence-corrected chi connectivity index (χ0v) is 79.5. The Hall–Kier alpha value is -5.05.